The van der Waals surface area contributed by atoms with E-state index < -0.39 is 194 Å². The molecule has 0 atom stereocenters. The quantitative estimate of drug-likeness (QED) is 0.0173. The van der Waals surface area contributed by atoms with Crippen LogP contribution >= 0.6 is 11.6 Å². The minimum absolute atomic E-state index is 0.0288. The van der Waals surface area contributed by atoms with Crippen molar-refractivity contribution in [3.63, 3.8) is 0 Å². The molecule has 0 saturated heterocycles. The summed E-state index contributed by atoms with van der Waals surface area (Å²) < 4.78 is 276. The SMILES string of the molecule is CC(C)(C)N=C(NC(=O)c1ccc(C(F)(F)F)cc1)Nc1nc(NS(=O)(=O)CC(F)(F)F)ccc1CC(C)(C)N=C(NC(=O)c1ccc(F)c(F)c1)Nc1nc(NS(=O)(=O)CC(F)(F)F)ccc1-c1cc(NC(=NC(C2CC2)C2CC2)NC(=O)c2ccc(Cl)cc2)nc(NS(=O)(=O)CC(F)(F)F)c1. The summed E-state index contributed by atoms with van der Waals surface area (Å²) in [5.41, 5.74) is -6.28. The Bertz CT molecular complexity index is 4640. The van der Waals surface area contributed by atoms with Crippen LogP contribution < -0.4 is 46.1 Å². The van der Waals surface area contributed by atoms with Crippen LogP contribution in [0.1, 0.15) is 103 Å². The molecule has 6 aromatic rings. The summed E-state index contributed by atoms with van der Waals surface area (Å²) in [6, 6.07) is 14.9. The molecule has 3 heterocycles. The zero-order valence-electron chi connectivity index (χ0n) is 54.0. The predicted octanol–water partition coefficient (Wildman–Crippen LogP) is 12.0. The third-order valence-electron chi connectivity index (χ3n) is 14.0. The number of benzene rings is 3. The van der Waals surface area contributed by atoms with E-state index in [1.54, 1.807) is 14.2 Å². The lowest BCUT2D eigenvalue weighted by Crippen LogP contribution is -2.40. The molecule has 9 N–H and O–H groups in total. The van der Waals surface area contributed by atoms with Crippen molar-refractivity contribution < 1.29 is 101 Å². The van der Waals surface area contributed by atoms with Gasteiger partial charge in [-0.05, 0) is 180 Å². The number of guanidine groups is 3. The molecule has 3 amide bonds. The number of sulfonamides is 3. The Morgan fingerprint density at radius 3 is 1.42 bits per heavy atom. The molecule has 0 unspecified atom stereocenters. The number of aliphatic imine (C=N–C) groups is 3. The van der Waals surface area contributed by atoms with Crippen molar-refractivity contribution in [2.75, 3.05) is 47.4 Å². The molecule has 2 fully saturated rings. The summed E-state index contributed by atoms with van der Waals surface area (Å²) >= 11 is 6.07. The first kappa shape index (κ1) is 79.2. The molecule has 556 valence electrons. The first-order valence-electron chi connectivity index (χ1n) is 30.1. The minimum atomic E-state index is -5.47. The average molecular weight is 1540 g/mol. The van der Waals surface area contributed by atoms with Crippen LogP contribution in [0, 0.1) is 23.5 Å². The zero-order valence-corrected chi connectivity index (χ0v) is 57.2. The van der Waals surface area contributed by atoms with E-state index in [0.29, 0.717) is 24.3 Å². The zero-order chi connectivity index (χ0) is 76.2. The number of halogens is 15. The Morgan fingerprint density at radius 2 is 0.932 bits per heavy atom. The van der Waals surface area contributed by atoms with Crippen molar-refractivity contribution in [2.45, 2.75) is 109 Å². The Morgan fingerprint density at radius 1 is 0.495 bits per heavy atom. The fraction of sp³-hybridized carbons (Fsp3) is 0.361. The number of alkyl halides is 12. The lowest BCUT2D eigenvalue weighted by Gasteiger charge is -2.25. The van der Waals surface area contributed by atoms with Gasteiger partial charge in [-0.1, -0.05) is 17.7 Å². The van der Waals surface area contributed by atoms with Gasteiger partial charge in [-0.3, -0.25) is 44.5 Å². The molecular formula is C61H60ClF14N15O9S3. The smallest absolute Gasteiger partial charge is 0.311 e. The summed E-state index contributed by atoms with van der Waals surface area (Å²) in [6.07, 6.45) is -18.6. The van der Waals surface area contributed by atoms with Gasteiger partial charge in [0.25, 0.3) is 17.7 Å². The second-order valence-corrected chi connectivity index (χ2v) is 30.6. The normalized spacial score (nSPS) is 14.7. The van der Waals surface area contributed by atoms with Gasteiger partial charge < -0.3 is 16.0 Å². The number of hydrogen-bond donors (Lipinski definition) is 9. The lowest BCUT2D eigenvalue weighted by atomic mass is 9.96. The molecule has 2 saturated carbocycles. The van der Waals surface area contributed by atoms with E-state index in [1.807, 2.05) is 0 Å². The third-order valence-corrected chi connectivity index (χ3v) is 17.9. The van der Waals surface area contributed by atoms with E-state index in [-0.39, 0.29) is 39.5 Å². The van der Waals surface area contributed by atoms with Gasteiger partial charge in [-0.25, -0.2) is 64.0 Å². The van der Waals surface area contributed by atoms with Gasteiger partial charge in [-0.2, -0.15) is 52.7 Å². The van der Waals surface area contributed by atoms with Crippen molar-refractivity contribution in [2.24, 2.45) is 26.8 Å². The number of aromatic nitrogens is 3. The maximum absolute atomic E-state index is 14.9. The molecule has 3 aromatic heterocycles. The van der Waals surface area contributed by atoms with Crippen molar-refractivity contribution >= 4 is 112 Å². The highest BCUT2D eigenvalue weighted by molar-refractivity contribution is 7.93. The number of hydrogen-bond acceptors (Lipinski definition) is 15. The van der Waals surface area contributed by atoms with Gasteiger partial charge in [0, 0.05) is 33.7 Å². The van der Waals surface area contributed by atoms with E-state index in [4.69, 9.17) is 16.6 Å². The van der Waals surface area contributed by atoms with E-state index >= 15 is 0 Å². The predicted molar refractivity (Wildman–Crippen MR) is 354 cm³/mol. The Balaban J connectivity index is 1.30. The fourth-order valence-corrected chi connectivity index (χ4v) is 12.6. The number of nitrogens with one attached hydrogen (secondary N) is 9. The number of pyridine rings is 3. The van der Waals surface area contributed by atoms with Crippen LogP contribution in [0.25, 0.3) is 11.1 Å². The second-order valence-electron chi connectivity index (χ2n) is 25.0. The number of amides is 3. The number of carbonyl (C=O) groups excluding carboxylic acids is 3. The van der Waals surface area contributed by atoms with Gasteiger partial charge in [0.2, 0.25) is 47.9 Å². The lowest BCUT2D eigenvalue weighted by molar-refractivity contribution is -0.137. The summed E-state index contributed by atoms with van der Waals surface area (Å²) in [5.74, 6) is -20.1. The Hall–Kier alpha value is -9.51. The van der Waals surface area contributed by atoms with Crippen molar-refractivity contribution in [3.05, 3.63) is 148 Å². The van der Waals surface area contributed by atoms with E-state index in [1.165, 1.54) is 58.9 Å². The Labute approximate surface area is 583 Å². The van der Waals surface area contributed by atoms with Gasteiger partial charge in [0.1, 0.15) is 34.9 Å². The monoisotopic (exact) mass is 1540 g/mol. The number of anilines is 6. The first-order chi connectivity index (χ1) is 47.4. The van der Waals surface area contributed by atoms with Gasteiger partial charge in [0.05, 0.1) is 22.7 Å². The van der Waals surface area contributed by atoms with Crippen molar-refractivity contribution in [3.8, 4) is 11.1 Å². The maximum Gasteiger partial charge on any atom is 0.416 e. The van der Waals surface area contributed by atoms with Crippen LogP contribution in [0.2, 0.25) is 5.02 Å². The molecule has 42 heteroatoms. The largest absolute Gasteiger partial charge is 0.416 e. The molecule has 0 spiro atoms. The van der Waals surface area contributed by atoms with Crippen molar-refractivity contribution in [1.82, 2.24) is 30.9 Å². The molecule has 2 aliphatic rings. The number of rotatable bonds is 22. The first-order valence-corrected chi connectivity index (χ1v) is 35.4. The van der Waals surface area contributed by atoms with Crippen LogP contribution in [0.5, 0.6) is 0 Å². The summed E-state index contributed by atoms with van der Waals surface area (Å²) in [5, 5.41) is 15.5. The van der Waals surface area contributed by atoms with E-state index in [2.05, 4.69) is 56.8 Å². The fourth-order valence-electron chi connectivity index (χ4n) is 9.64. The molecule has 0 aliphatic heterocycles. The minimum Gasteiger partial charge on any atom is -0.311 e. The number of nitrogens with zero attached hydrogens (tertiary/aromatic N) is 6. The van der Waals surface area contributed by atoms with Crippen molar-refractivity contribution in [1.29, 1.82) is 0 Å². The number of carbonyl (C=O) groups is 3. The summed E-state index contributed by atoms with van der Waals surface area (Å²) in [6.45, 7) is 7.02. The van der Waals surface area contributed by atoms with Gasteiger partial charge in [-0.15, -0.1) is 0 Å². The highest BCUT2D eigenvalue weighted by Crippen LogP contribution is 2.46. The average Bonchev–Trinajstić information content (AvgIpc) is 1.70. The molecule has 24 nitrogen and oxygen atoms in total. The molecular weight excluding hydrogens is 1480 g/mol. The van der Waals surface area contributed by atoms with E-state index in [0.717, 1.165) is 80.3 Å². The topological polar surface area (TPSA) is 338 Å². The standard InChI is InChI=1S/C61H60ClF14N15O9S3/c1-56(2,3)87-54(85-51(93)33-10-16-38(17-11-33)61(74,75)76)82-48-36(15-22-43(78-48)89-101(95,96)28-58(65,66)67)27-57(4,5)88-55(86-52(94)35-14-21-41(63)42(64)24-35)83-49-40(20-23-44(79-49)90-102(97,98)29-59(68,69)70)37-25-45(77-46(26-37)91-103(99,100)30-60(71,72)73)80-53(81-47(31-6-7-31)32-8-9-32)84-50(92)34-12-18-39(62)19-13-34/h10-26,31-32,47H,6-9,27-30H2,1-5H3,(H3,77,80,81,84,91,92)(H3,78,82,85,87,89,93)(H3,79,83,86,88,90,94). The molecule has 0 bridgehead atoms. The van der Waals surface area contributed by atoms with Crippen LogP contribution in [0.3, 0.4) is 0 Å². The van der Waals surface area contributed by atoms with Crippen LogP contribution in [-0.2, 0) is 42.7 Å². The molecule has 2 aliphatic carbocycles. The molecule has 103 heavy (non-hydrogen) atoms. The van der Waals surface area contributed by atoms with Crippen LogP contribution in [0.4, 0.5) is 96.4 Å². The summed E-state index contributed by atoms with van der Waals surface area (Å²) in [4.78, 5) is 68.1. The molecule has 3 aromatic carbocycles. The second kappa shape index (κ2) is 30.4. The summed E-state index contributed by atoms with van der Waals surface area (Å²) in [7, 11) is -16.3. The molecule has 8 rings (SSSR count). The highest BCUT2D eigenvalue weighted by Gasteiger charge is 2.43. The van der Waals surface area contributed by atoms with Gasteiger partial charge >= 0.3 is 24.7 Å². The van der Waals surface area contributed by atoms with Crippen LogP contribution in [0.15, 0.2) is 118 Å². The third kappa shape index (κ3) is 25.2. The van der Waals surface area contributed by atoms with Crippen LogP contribution in [-0.4, -0.2) is 129 Å². The highest BCUT2D eigenvalue weighted by atomic mass is 35.5. The van der Waals surface area contributed by atoms with E-state index in [9.17, 15) is 101 Å². The molecule has 0 radical (unpaired) electrons. The van der Waals surface area contributed by atoms with Gasteiger partial charge in [0.15, 0.2) is 28.9 Å². The maximum atomic E-state index is 14.9. The Kier molecular flexibility index (Phi) is 23.4.